The van der Waals surface area contributed by atoms with Crippen molar-refractivity contribution in [2.45, 2.75) is 25.7 Å². The smallest absolute Gasteiger partial charge is 0.320 e. The van der Waals surface area contributed by atoms with Crippen molar-refractivity contribution in [2.75, 3.05) is 31.5 Å². The number of hydrogen-bond donors (Lipinski definition) is 1. The summed E-state index contributed by atoms with van der Waals surface area (Å²) in [6.45, 7) is 2.84. The minimum atomic E-state index is -0.208. The number of piperidine rings is 1. The van der Waals surface area contributed by atoms with E-state index in [9.17, 15) is 9.59 Å². The summed E-state index contributed by atoms with van der Waals surface area (Å²) in [5.74, 6) is 0.678. The van der Waals surface area contributed by atoms with Crippen LogP contribution in [0.3, 0.4) is 0 Å². The van der Waals surface area contributed by atoms with Crippen molar-refractivity contribution in [1.82, 2.24) is 19.8 Å². The van der Waals surface area contributed by atoms with Gasteiger partial charge < -0.3 is 19.9 Å². The van der Waals surface area contributed by atoms with Gasteiger partial charge in [0.25, 0.3) is 0 Å². The van der Waals surface area contributed by atoms with E-state index >= 15 is 0 Å². The summed E-state index contributed by atoms with van der Waals surface area (Å²) in [4.78, 5) is 37.2. The van der Waals surface area contributed by atoms with Crippen LogP contribution in [0.5, 0.6) is 11.6 Å². The van der Waals surface area contributed by atoms with Crippen LogP contribution in [0, 0.1) is 5.92 Å². The Morgan fingerprint density at radius 3 is 2.69 bits per heavy atom. The third-order valence-corrected chi connectivity index (χ3v) is 5.30. The van der Waals surface area contributed by atoms with E-state index < -0.39 is 0 Å². The minimum Gasteiger partial charge on any atom is -0.437 e. The molecule has 3 heterocycles. The molecule has 2 aliphatic rings. The second kappa shape index (κ2) is 8.89. The number of amides is 3. The molecule has 0 saturated carbocycles. The minimum absolute atomic E-state index is 0.0689. The van der Waals surface area contributed by atoms with Gasteiger partial charge in [-0.25, -0.2) is 9.78 Å². The van der Waals surface area contributed by atoms with Gasteiger partial charge in [0.05, 0.1) is 12.1 Å². The molecule has 2 aliphatic heterocycles. The number of nitrogens with one attached hydrogen (secondary N) is 1. The summed E-state index contributed by atoms with van der Waals surface area (Å²) in [5.41, 5.74) is 0.652. The van der Waals surface area contributed by atoms with Crippen molar-refractivity contribution < 1.29 is 14.3 Å². The molecule has 29 heavy (non-hydrogen) atoms. The molecule has 0 spiro atoms. The molecular weight excluding hydrogens is 370 g/mol. The lowest BCUT2D eigenvalue weighted by molar-refractivity contribution is -0.121. The average Bonchev–Trinajstić information content (AvgIpc) is 3.29. The Kier molecular flexibility index (Phi) is 5.88. The highest BCUT2D eigenvalue weighted by molar-refractivity contribution is 5.93. The third-order valence-electron chi connectivity index (χ3n) is 5.30. The summed E-state index contributed by atoms with van der Waals surface area (Å²) >= 11 is 0. The van der Waals surface area contributed by atoms with Crippen molar-refractivity contribution in [3.05, 3.63) is 42.9 Å². The fourth-order valence-corrected chi connectivity index (χ4v) is 3.81. The van der Waals surface area contributed by atoms with Crippen LogP contribution in [-0.2, 0) is 4.79 Å². The van der Waals surface area contributed by atoms with E-state index in [4.69, 9.17) is 4.74 Å². The quantitative estimate of drug-likeness (QED) is 0.859. The molecule has 1 aromatic heterocycles. The number of carbonyl (C=O) groups excluding carboxylic acids is 2. The first kappa shape index (κ1) is 19.2. The molecule has 0 radical (unpaired) electrons. The molecular formula is C21H25N5O3. The van der Waals surface area contributed by atoms with Crippen LogP contribution in [0.15, 0.2) is 42.9 Å². The number of carbonyl (C=O) groups is 2. The van der Waals surface area contributed by atoms with Crippen molar-refractivity contribution in [1.29, 1.82) is 0 Å². The Hall–Kier alpha value is -3.16. The number of aromatic nitrogens is 2. The summed E-state index contributed by atoms with van der Waals surface area (Å²) in [5, 5.41) is 2.96. The van der Waals surface area contributed by atoms with Gasteiger partial charge in [-0.05, 0) is 37.8 Å². The Bertz CT molecular complexity index is 854. The number of likely N-dealkylation sites (tertiary alicyclic amines) is 2. The highest BCUT2D eigenvalue weighted by Crippen LogP contribution is 2.24. The first-order chi connectivity index (χ1) is 14.2. The number of ether oxygens (including phenoxy) is 1. The van der Waals surface area contributed by atoms with Crippen LogP contribution in [0.2, 0.25) is 0 Å². The second-order valence-electron chi connectivity index (χ2n) is 7.42. The Labute approximate surface area is 169 Å². The molecule has 0 aliphatic carbocycles. The van der Waals surface area contributed by atoms with Gasteiger partial charge in [-0.3, -0.25) is 9.78 Å². The van der Waals surface area contributed by atoms with Gasteiger partial charge in [0.1, 0.15) is 5.75 Å². The molecule has 152 valence electrons. The average molecular weight is 395 g/mol. The maximum absolute atomic E-state index is 12.8. The predicted octanol–water partition coefficient (Wildman–Crippen LogP) is 3.14. The zero-order chi connectivity index (χ0) is 20.1. The van der Waals surface area contributed by atoms with E-state index in [0.29, 0.717) is 23.9 Å². The first-order valence-electron chi connectivity index (χ1n) is 10.1. The standard InChI is InChI=1S/C21H25N5O3/c27-20(16-5-4-12-26(15-16)21(28)25-10-1-2-11-25)24-17-6-3-7-18(13-17)29-19-14-22-8-9-23-19/h3,6-9,13-14,16H,1-2,4-5,10-12,15H2,(H,24,27)/t16-/m0/s1. The Balaban J connectivity index is 1.36. The van der Waals surface area contributed by atoms with E-state index in [2.05, 4.69) is 15.3 Å². The molecule has 8 nitrogen and oxygen atoms in total. The van der Waals surface area contributed by atoms with Gasteiger partial charge in [0, 0.05) is 50.3 Å². The maximum atomic E-state index is 12.8. The van der Waals surface area contributed by atoms with Crippen LogP contribution < -0.4 is 10.1 Å². The molecule has 2 fully saturated rings. The number of nitrogens with zero attached hydrogens (tertiary/aromatic N) is 4. The molecule has 1 atom stereocenters. The normalized spacial score (nSPS) is 19.1. The first-order valence-corrected chi connectivity index (χ1v) is 10.1. The van der Waals surface area contributed by atoms with Gasteiger partial charge in [0.2, 0.25) is 11.8 Å². The zero-order valence-electron chi connectivity index (χ0n) is 16.3. The van der Waals surface area contributed by atoms with Gasteiger partial charge >= 0.3 is 6.03 Å². The number of hydrogen-bond acceptors (Lipinski definition) is 5. The van der Waals surface area contributed by atoms with Crippen LogP contribution in [0.1, 0.15) is 25.7 Å². The molecule has 2 aromatic rings. The SMILES string of the molecule is O=C(Nc1cccc(Oc2cnccn2)c1)[C@H]1CCCN(C(=O)N2CCCC2)C1. The summed E-state index contributed by atoms with van der Waals surface area (Å²) in [7, 11) is 0. The van der Waals surface area contributed by atoms with E-state index in [1.807, 2.05) is 21.9 Å². The van der Waals surface area contributed by atoms with Crippen molar-refractivity contribution in [3.8, 4) is 11.6 Å². The van der Waals surface area contributed by atoms with Gasteiger partial charge in [-0.2, -0.15) is 0 Å². The van der Waals surface area contributed by atoms with Gasteiger partial charge in [-0.1, -0.05) is 6.07 Å². The van der Waals surface area contributed by atoms with Gasteiger partial charge in [-0.15, -0.1) is 0 Å². The second-order valence-corrected chi connectivity index (χ2v) is 7.42. The van der Waals surface area contributed by atoms with E-state index in [0.717, 1.165) is 45.3 Å². The Morgan fingerprint density at radius 1 is 1.07 bits per heavy atom. The van der Waals surface area contributed by atoms with Crippen LogP contribution >= 0.6 is 0 Å². The molecule has 4 rings (SSSR count). The predicted molar refractivity (Wildman–Crippen MR) is 108 cm³/mol. The zero-order valence-corrected chi connectivity index (χ0v) is 16.3. The van der Waals surface area contributed by atoms with Crippen LogP contribution in [-0.4, -0.2) is 57.9 Å². The number of urea groups is 1. The van der Waals surface area contributed by atoms with Crippen molar-refractivity contribution in [3.63, 3.8) is 0 Å². The molecule has 3 amide bonds. The van der Waals surface area contributed by atoms with E-state index in [1.54, 1.807) is 24.5 Å². The molecule has 0 bridgehead atoms. The molecule has 1 aromatic carbocycles. The fourth-order valence-electron chi connectivity index (χ4n) is 3.81. The summed E-state index contributed by atoms with van der Waals surface area (Å²) in [6, 6.07) is 7.24. The number of benzene rings is 1. The number of rotatable bonds is 4. The summed E-state index contributed by atoms with van der Waals surface area (Å²) < 4.78 is 5.67. The molecule has 0 unspecified atom stereocenters. The molecule has 2 saturated heterocycles. The monoisotopic (exact) mass is 395 g/mol. The maximum Gasteiger partial charge on any atom is 0.320 e. The van der Waals surface area contributed by atoms with Crippen molar-refractivity contribution >= 4 is 17.6 Å². The lowest BCUT2D eigenvalue weighted by Gasteiger charge is -2.34. The van der Waals surface area contributed by atoms with E-state index in [-0.39, 0.29) is 17.9 Å². The van der Waals surface area contributed by atoms with E-state index in [1.165, 1.54) is 6.20 Å². The lowest BCUT2D eigenvalue weighted by atomic mass is 9.97. The Morgan fingerprint density at radius 2 is 1.90 bits per heavy atom. The largest absolute Gasteiger partial charge is 0.437 e. The number of anilines is 1. The lowest BCUT2D eigenvalue weighted by Crippen LogP contribution is -2.48. The van der Waals surface area contributed by atoms with Crippen LogP contribution in [0.25, 0.3) is 0 Å². The highest BCUT2D eigenvalue weighted by atomic mass is 16.5. The van der Waals surface area contributed by atoms with Crippen molar-refractivity contribution in [2.24, 2.45) is 5.92 Å². The molecule has 8 heteroatoms. The molecule has 1 N–H and O–H groups in total. The topological polar surface area (TPSA) is 87.7 Å². The van der Waals surface area contributed by atoms with Crippen LogP contribution in [0.4, 0.5) is 10.5 Å². The fraction of sp³-hybridized carbons (Fsp3) is 0.429. The van der Waals surface area contributed by atoms with Gasteiger partial charge in [0.15, 0.2) is 0 Å². The highest BCUT2D eigenvalue weighted by Gasteiger charge is 2.31. The summed E-state index contributed by atoms with van der Waals surface area (Å²) in [6.07, 6.45) is 8.41. The third kappa shape index (κ3) is 4.82.